The standard InChI is InChI=1S/C26H22N2/c1-2-27-25-16-10-9-15-23(25)24-19-22(17-18-26(24)27)28(20-11-5-3-6-12-20)21-13-7-4-8-14-21/h3-19H,2H2,1H3. The highest BCUT2D eigenvalue weighted by atomic mass is 15.1. The molecule has 0 unspecified atom stereocenters. The van der Waals surface area contributed by atoms with Crippen LogP contribution in [-0.2, 0) is 6.54 Å². The topological polar surface area (TPSA) is 8.17 Å². The second-order valence-electron chi connectivity index (χ2n) is 6.97. The summed E-state index contributed by atoms with van der Waals surface area (Å²) in [5.41, 5.74) is 6.07. The number of anilines is 3. The summed E-state index contributed by atoms with van der Waals surface area (Å²) >= 11 is 0. The zero-order chi connectivity index (χ0) is 18.9. The highest BCUT2D eigenvalue weighted by Crippen LogP contribution is 2.38. The predicted octanol–water partition coefficient (Wildman–Crippen LogP) is 7.28. The van der Waals surface area contributed by atoms with Gasteiger partial charge in [-0.15, -0.1) is 0 Å². The predicted molar refractivity (Wildman–Crippen MR) is 120 cm³/mol. The zero-order valence-corrected chi connectivity index (χ0v) is 15.9. The molecule has 2 nitrogen and oxygen atoms in total. The van der Waals surface area contributed by atoms with Crippen molar-refractivity contribution < 1.29 is 0 Å². The van der Waals surface area contributed by atoms with E-state index in [4.69, 9.17) is 0 Å². The first-order chi connectivity index (χ1) is 13.9. The fourth-order valence-corrected chi connectivity index (χ4v) is 4.12. The van der Waals surface area contributed by atoms with E-state index in [0.29, 0.717) is 0 Å². The number of aryl methyl sites for hydroxylation is 1. The van der Waals surface area contributed by atoms with Gasteiger partial charge in [-0.05, 0) is 55.5 Å². The van der Waals surface area contributed by atoms with E-state index in [0.717, 1.165) is 17.9 Å². The van der Waals surface area contributed by atoms with Crippen LogP contribution in [-0.4, -0.2) is 4.57 Å². The van der Waals surface area contributed by atoms with Gasteiger partial charge in [0.15, 0.2) is 0 Å². The van der Waals surface area contributed by atoms with Gasteiger partial charge in [-0.1, -0.05) is 54.6 Å². The first kappa shape index (κ1) is 16.6. The van der Waals surface area contributed by atoms with Crippen LogP contribution >= 0.6 is 0 Å². The highest BCUT2D eigenvalue weighted by Gasteiger charge is 2.15. The molecule has 0 atom stereocenters. The Kier molecular flexibility index (Phi) is 4.10. The van der Waals surface area contributed by atoms with Crippen LogP contribution in [0.5, 0.6) is 0 Å². The lowest BCUT2D eigenvalue weighted by Crippen LogP contribution is -2.09. The molecule has 0 spiro atoms. The molecule has 0 amide bonds. The number of nitrogens with zero attached hydrogens (tertiary/aromatic N) is 2. The number of fused-ring (bicyclic) bond motifs is 3. The van der Waals surface area contributed by atoms with Crippen molar-refractivity contribution >= 4 is 38.9 Å². The largest absolute Gasteiger partial charge is 0.341 e. The van der Waals surface area contributed by atoms with Gasteiger partial charge in [0.1, 0.15) is 0 Å². The Labute approximate surface area is 165 Å². The van der Waals surface area contributed by atoms with Crippen LogP contribution in [0.2, 0.25) is 0 Å². The molecule has 5 rings (SSSR count). The molecule has 0 aliphatic carbocycles. The van der Waals surface area contributed by atoms with Crippen LogP contribution in [0.25, 0.3) is 21.8 Å². The molecule has 0 N–H and O–H groups in total. The summed E-state index contributed by atoms with van der Waals surface area (Å²) in [6.45, 7) is 3.17. The van der Waals surface area contributed by atoms with Crippen molar-refractivity contribution in [1.82, 2.24) is 4.57 Å². The highest BCUT2D eigenvalue weighted by molar-refractivity contribution is 6.09. The van der Waals surface area contributed by atoms with E-state index >= 15 is 0 Å². The van der Waals surface area contributed by atoms with E-state index in [-0.39, 0.29) is 0 Å². The van der Waals surface area contributed by atoms with Crippen molar-refractivity contribution in [1.29, 1.82) is 0 Å². The molecule has 0 fully saturated rings. The second kappa shape index (κ2) is 6.90. The fraction of sp³-hybridized carbons (Fsp3) is 0.0769. The summed E-state index contributed by atoms with van der Waals surface area (Å²) in [5, 5.41) is 2.61. The first-order valence-corrected chi connectivity index (χ1v) is 9.78. The molecule has 28 heavy (non-hydrogen) atoms. The molecule has 2 heteroatoms. The number of para-hydroxylation sites is 3. The molecular weight excluding hydrogens is 340 g/mol. The minimum absolute atomic E-state index is 0.963. The van der Waals surface area contributed by atoms with Crippen molar-refractivity contribution in [3.8, 4) is 0 Å². The number of aromatic nitrogens is 1. The van der Waals surface area contributed by atoms with Crippen molar-refractivity contribution in [3.63, 3.8) is 0 Å². The normalized spacial score (nSPS) is 11.2. The molecule has 0 radical (unpaired) electrons. The van der Waals surface area contributed by atoms with Crippen LogP contribution < -0.4 is 4.90 Å². The van der Waals surface area contributed by atoms with E-state index in [1.807, 2.05) is 0 Å². The summed E-state index contributed by atoms with van der Waals surface area (Å²) in [7, 11) is 0. The molecule has 0 saturated heterocycles. The van der Waals surface area contributed by atoms with Crippen LogP contribution in [0, 0.1) is 0 Å². The smallest absolute Gasteiger partial charge is 0.0492 e. The molecule has 0 aliphatic heterocycles. The maximum absolute atomic E-state index is 2.39. The van der Waals surface area contributed by atoms with Gasteiger partial charge in [0.2, 0.25) is 0 Å². The van der Waals surface area contributed by atoms with E-state index in [1.165, 1.54) is 27.5 Å². The van der Waals surface area contributed by atoms with Crippen molar-refractivity contribution in [2.75, 3.05) is 4.90 Å². The summed E-state index contributed by atoms with van der Waals surface area (Å²) < 4.78 is 2.39. The quantitative estimate of drug-likeness (QED) is 0.326. The van der Waals surface area contributed by atoms with Crippen LogP contribution in [0.15, 0.2) is 103 Å². The number of hydrogen-bond donors (Lipinski definition) is 0. The summed E-state index contributed by atoms with van der Waals surface area (Å²) in [6.07, 6.45) is 0. The van der Waals surface area contributed by atoms with E-state index in [2.05, 4.69) is 120 Å². The average Bonchev–Trinajstić information content (AvgIpc) is 3.09. The molecule has 0 saturated carbocycles. The van der Waals surface area contributed by atoms with E-state index < -0.39 is 0 Å². The lowest BCUT2D eigenvalue weighted by Gasteiger charge is -2.25. The minimum Gasteiger partial charge on any atom is -0.341 e. The minimum atomic E-state index is 0.963. The van der Waals surface area contributed by atoms with Gasteiger partial charge in [-0.2, -0.15) is 0 Å². The number of benzene rings is 4. The Bertz CT molecular complexity index is 1200. The van der Waals surface area contributed by atoms with Crippen LogP contribution in [0.4, 0.5) is 17.1 Å². The van der Waals surface area contributed by atoms with Gasteiger partial charge in [0, 0.05) is 45.4 Å². The molecule has 0 bridgehead atoms. The Morgan fingerprint density at radius 1 is 0.571 bits per heavy atom. The Morgan fingerprint density at radius 2 is 1.14 bits per heavy atom. The van der Waals surface area contributed by atoms with Gasteiger partial charge in [0.25, 0.3) is 0 Å². The van der Waals surface area contributed by atoms with E-state index in [1.54, 1.807) is 0 Å². The van der Waals surface area contributed by atoms with Crippen LogP contribution in [0.3, 0.4) is 0 Å². The Balaban J connectivity index is 1.77. The fourth-order valence-electron chi connectivity index (χ4n) is 4.12. The molecular formula is C26H22N2. The van der Waals surface area contributed by atoms with Gasteiger partial charge < -0.3 is 9.47 Å². The molecule has 136 valence electrons. The maximum atomic E-state index is 2.39. The summed E-state index contributed by atoms with van der Waals surface area (Å²) in [6, 6.07) is 36.6. The number of rotatable bonds is 4. The lowest BCUT2D eigenvalue weighted by molar-refractivity contribution is 0.827. The van der Waals surface area contributed by atoms with E-state index in [9.17, 15) is 0 Å². The van der Waals surface area contributed by atoms with Crippen molar-refractivity contribution in [2.45, 2.75) is 13.5 Å². The van der Waals surface area contributed by atoms with Crippen molar-refractivity contribution in [2.24, 2.45) is 0 Å². The van der Waals surface area contributed by atoms with Gasteiger partial charge in [-0.25, -0.2) is 0 Å². The second-order valence-corrected chi connectivity index (χ2v) is 6.97. The molecule has 0 aliphatic rings. The first-order valence-electron chi connectivity index (χ1n) is 9.78. The molecule has 4 aromatic carbocycles. The average molecular weight is 362 g/mol. The van der Waals surface area contributed by atoms with Gasteiger partial charge in [-0.3, -0.25) is 0 Å². The Hall–Kier alpha value is -3.52. The maximum Gasteiger partial charge on any atom is 0.0492 e. The third-order valence-corrected chi connectivity index (χ3v) is 5.36. The van der Waals surface area contributed by atoms with Gasteiger partial charge in [0.05, 0.1) is 0 Å². The molecule has 1 aromatic heterocycles. The summed E-state index contributed by atoms with van der Waals surface area (Å²) in [5.74, 6) is 0. The SMILES string of the molecule is CCn1c2ccccc2c2cc(N(c3ccccc3)c3ccccc3)ccc21. The number of hydrogen-bond acceptors (Lipinski definition) is 1. The summed E-state index contributed by atoms with van der Waals surface area (Å²) in [4.78, 5) is 2.32. The molecule has 1 heterocycles. The van der Waals surface area contributed by atoms with Gasteiger partial charge >= 0.3 is 0 Å². The Morgan fingerprint density at radius 3 is 1.79 bits per heavy atom. The zero-order valence-electron chi connectivity index (χ0n) is 15.9. The third-order valence-electron chi connectivity index (χ3n) is 5.36. The lowest BCUT2D eigenvalue weighted by atomic mass is 10.1. The van der Waals surface area contributed by atoms with Crippen molar-refractivity contribution in [3.05, 3.63) is 103 Å². The van der Waals surface area contributed by atoms with Crippen LogP contribution in [0.1, 0.15) is 6.92 Å². The molecule has 5 aromatic rings. The third kappa shape index (κ3) is 2.66. The monoisotopic (exact) mass is 362 g/mol.